The first-order valence-corrected chi connectivity index (χ1v) is 6.73. The summed E-state index contributed by atoms with van der Waals surface area (Å²) in [5, 5.41) is 1.30. The van der Waals surface area contributed by atoms with E-state index in [1.165, 1.54) is 48.6 Å². The maximum Gasteiger partial charge on any atom is 0.137 e. The van der Waals surface area contributed by atoms with Crippen molar-refractivity contribution in [2.24, 2.45) is 5.92 Å². The smallest absolute Gasteiger partial charge is 0.137 e. The second-order valence-electron chi connectivity index (χ2n) is 5.43. The lowest BCUT2D eigenvalue weighted by Gasteiger charge is -2.08. The minimum Gasteiger partial charge on any atom is -0.461 e. The Bertz CT molecular complexity index is 530. The van der Waals surface area contributed by atoms with Gasteiger partial charge in [0.05, 0.1) is 0 Å². The summed E-state index contributed by atoms with van der Waals surface area (Å²) in [6.45, 7) is 4.22. The van der Waals surface area contributed by atoms with Crippen LogP contribution >= 0.6 is 0 Å². The third-order valence-corrected chi connectivity index (χ3v) is 4.27. The van der Waals surface area contributed by atoms with Gasteiger partial charge in [0.1, 0.15) is 11.3 Å². The van der Waals surface area contributed by atoms with Crippen LogP contribution in [0.1, 0.15) is 42.6 Å². The Morgan fingerprint density at radius 2 is 1.94 bits per heavy atom. The minimum atomic E-state index is 0.881. The molecule has 0 aliphatic heterocycles. The number of benzene rings is 1. The van der Waals surface area contributed by atoms with Crippen LogP contribution in [-0.2, 0) is 6.42 Å². The number of furan rings is 1. The van der Waals surface area contributed by atoms with Crippen LogP contribution in [0.5, 0.6) is 0 Å². The van der Waals surface area contributed by atoms with Gasteiger partial charge >= 0.3 is 0 Å². The molecule has 1 aromatic heterocycles. The molecule has 0 saturated heterocycles. The second kappa shape index (κ2) is 4.21. The van der Waals surface area contributed by atoms with Crippen molar-refractivity contribution in [3.8, 4) is 0 Å². The topological polar surface area (TPSA) is 13.1 Å². The highest BCUT2D eigenvalue weighted by Gasteiger charge is 2.18. The van der Waals surface area contributed by atoms with Gasteiger partial charge in [0.25, 0.3) is 0 Å². The number of aryl methyl sites for hydroxylation is 2. The number of hydrogen-bond donors (Lipinski definition) is 0. The molecule has 2 aromatic rings. The van der Waals surface area contributed by atoms with Gasteiger partial charge in [0, 0.05) is 5.39 Å². The van der Waals surface area contributed by atoms with Gasteiger partial charge in [-0.05, 0) is 37.3 Å². The van der Waals surface area contributed by atoms with Crippen LogP contribution in [0.15, 0.2) is 22.6 Å². The molecule has 0 amide bonds. The van der Waals surface area contributed by atoms with Gasteiger partial charge < -0.3 is 4.42 Å². The van der Waals surface area contributed by atoms with Crippen molar-refractivity contribution in [2.75, 3.05) is 0 Å². The average Bonchev–Trinajstić information content (AvgIpc) is 2.91. The maximum absolute atomic E-state index is 5.94. The normalized spacial score (nSPS) is 17.1. The third-order valence-electron chi connectivity index (χ3n) is 4.27. The molecule has 3 rings (SSSR count). The minimum absolute atomic E-state index is 0.881. The first-order chi connectivity index (χ1) is 8.25. The molecule has 90 valence electrons. The fourth-order valence-corrected chi connectivity index (χ4v) is 3.11. The molecule has 1 aromatic carbocycles. The molecule has 0 radical (unpaired) electrons. The van der Waals surface area contributed by atoms with Gasteiger partial charge in [0.15, 0.2) is 0 Å². The molecule has 1 heteroatoms. The number of rotatable bonds is 2. The zero-order valence-electron chi connectivity index (χ0n) is 10.8. The molecular formula is C16H20O. The first kappa shape index (κ1) is 10.9. The van der Waals surface area contributed by atoms with Crippen LogP contribution in [0.25, 0.3) is 11.0 Å². The van der Waals surface area contributed by atoms with E-state index in [9.17, 15) is 0 Å². The summed E-state index contributed by atoms with van der Waals surface area (Å²) < 4.78 is 5.94. The summed E-state index contributed by atoms with van der Waals surface area (Å²) in [7, 11) is 0. The molecule has 1 saturated carbocycles. The molecule has 0 spiro atoms. The van der Waals surface area contributed by atoms with Crippen molar-refractivity contribution in [3.05, 3.63) is 35.1 Å². The van der Waals surface area contributed by atoms with E-state index in [1.807, 2.05) is 0 Å². The summed E-state index contributed by atoms with van der Waals surface area (Å²) in [5.41, 5.74) is 3.84. The van der Waals surface area contributed by atoms with E-state index in [0.29, 0.717) is 0 Å². The van der Waals surface area contributed by atoms with Crippen molar-refractivity contribution in [1.82, 2.24) is 0 Å². The zero-order chi connectivity index (χ0) is 11.8. The largest absolute Gasteiger partial charge is 0.461 e. The van der Waals surface area contributed by atoms with E-state index in [1.54, 1.807) is 0 Å². The molecule has 0 N–H and O–H groups in total. The van der Waals surface area contributed by atoms with Crippen LogP contribution in [0.2, 0.25) is 0 Å². The number of hydrogen-bond acceptors (Lipinski definition) is 1. The Labute approximate surface area is 103 Å². The van der Waals surface area contributed by atoms with Crippen molar-refractivity contribution < 1.29 is 4.42 Å². The van der Waals surface area contributed by atoms with E-state index in [0.717, 1.165) is 17.3 Å². The highest BCUT2D eigenvalue weighted by atomic mass is 16.3. The van der Waals surface area contributed by atoms with E-state index in [2.05, 4.69) is 32.0 Å². The molecule has 1 fully saturated rings. The summed E-state index contributed by atoms with van der Waals surface area (Å²) in [5.74, 6) is 1.95. The molecule has 1 aliphatic carbocycles. The second-order valence-corrected chi connectivity index (χ2v) is 5.43. The fraction of sp³-hybridized carbons (Fsp3) is 0.500. The van der Waals surface area contributed by atoms with Crippen LogP contribution in [0, 0.1) is 19.8 Å². The lowest BCUT2D eigenvalue weighted by molar-refractivity contribution is 0.532. The van der Waals surface area contributed by atoms with Crippen molar-refractivity contribution >= 4 is 11.0 Å². The van der Waals surface area contributed by atoms with Crippen LogP contribution in [0.4, 0.5) is 0 Å². The summed E-state index contributed by atoms with van der Waals surface area (Å²) in [6, 6.07) is 6.59. The molecule has 0 unspecified atom stereocenters. The monoisotopic (exact) mass is 228 g/mol. The molecule has 0 atom stereocenters. The first-order valence-electron chi connectivity index (χ1n) is 6.73. The standard InChI is InChI=1S/C16H20O/c1-11-12(2)17-16-14(8-5-9-15(11)16)10-13-6-3-4-7-13/h5,8-9,13H,3-4,6-7,10H2,1-2H3. The highest BCUT2D eigenvalue weighted by Crippen LogP contribution is 2.33. The van der Waals surface area contributed by atoms with E-state index in [4.69, 9.17) is 4.42 Å². The number of para-hydroxylation sites is 1. The van der Waals surface area contributed by atoms with Gasteiger partial charge in [-0.3, -0.25) is 0 Å². The van der Waals surface area contributed by atoms with E-state index >= 15 is 0 Å². The maximum atomic E-state index is 5.94. The summed E-state index contributed by atoms with van der Waals surface area (Å²) in [6.07, 6.45) is 6.82. The predicted octanol–water partition coefficient (Wildman–Crippen LogP) is 4.78. The molecule has 0 bridgehead atoms. The molecular weight excluding hydrogens is 208 g/mol. The van der Waals surface area contributed by atoms with Crippen molar-refractivity contribution in [2.45, 2.75) is 46.0 Å². The zero-order valence-corrected chi connectivity index (χ0v) is 10.8. The van der Waals surface area contributed by atoms with Gasteiger partial charge in [-0.25, -0.2) is 0 Å². The Morgan fingerprint density at radius 3 is 2.71 bits per heavy atom. The quantitative estimate of drug-likeness (QED) is 0.720. The Hall–Kier alpha value is -1.24. The van der Waals surface area contributed by atoms with Crippen LogP contribution < -0.4 is 0 Å². The van der Waals surface area contributed by atoms with Crippen molar-refractivity contribution in [1.29, 1.82) is 0 Å². The molecule has 17 heavy (non-hydrogen) atoms. The van der Waals surface area contributed by atoms with Gasteiger partial charge in [-0.15, -0.1) is 0 Å². The Balaban J connectivity index is 2.00. The predicted molar refractivity (Wildman–Crippen MR) is 71.4 cm³/mol. The van der Waals surface area contributed by atoms with Crippen LogP contribution in [-0.4, -0.2) is 0 Å². The molecule has 1 aliphatic rings. The summed E-state index contributed by atoms with van der Waals surface area (Å²) in [4.78, 5) is 0. The lowest BCUT2D eigenvalue weighted by atomic mass is 9.96. The van der Waals surface area contributed by atoms with Gasteiger partial charge in [-0.1, -0.05) is 43.9 Å². The van der Waals surface area contributed by atoms with Gasteiger partial charge in [0.2, 0.25) is 0 Å². The fourth-order valence-electron chi connectivity index (χ4n) is 3.11. The SMILES string of the molecule is Cc1oc2c(CC3CCCC3)cccc2c1C. The van der Waals surface area contributed by atoms with Crippen LogP contribution in [0.3, 0.4) is 0 Å². The van der Waals surface area contributed by atoms with E-state index in [-0.39, 0.29) is 0 Å². The summed E-state index contributed by atoms with van der Waals surface area (Å²) >= 11 is 0. The highest BCUT2D eigenvalue weighted by molar-refractivity contribution is 5.84. The Morgan fingerprint density at radius 1 is 1.18 bits per heavy atom. The molecule has 1 heterocycles. The third kappa shape index (κ3) is 1.88. The van der Waals surface area contributed by atoms with E-state index < -0.39 is 0 Å². The van der Waals surface area contributed by atoms with Crippen molar-refractivity contribution in [3.63, 3.8) is 0 Å². The Kier molecular flexibility index (Phi) is 2.70. The molecule has 1 nitrogen and oxygen atoms in total. The number of fused-ring (bicyclic) bond motifs is 1. The average molecular weight is 228 g/mol. The lowest BCUT2D eigenvalue weighted by Crippen LogP contribution is -1.98. The van der Waals surface area contributed by atoms with Gasteiger partial charge in [-0.2, -0.15) is 0 Å².